The molecule has 1 amide bonds. The second-order valence-corrected chi connectivity index (χ2v) is 7.56. The number of anilines is 1. The van der Waals surface area contributed by atoms with E-state index in [1.54, 1.807) is 4.68 Å². The van der Waals surface area contributed by atoms with Gasteiger partial charge < -0.3 is 15.4 Å². The average Bonchev–Trinajstić information content (AvgIpc) is 3.12. The zero-order valence-electron chi connectivity index (χ0n) is 18.6. The lowest BCUT2D eigenvalue weighted by Crippen LogP contribution is -2.23. The number of rotatable bonds is 10. The Labute approximate surface area is 183 Å². The summed E-state index contributed by atoms with van der Waals surface area (Å²) >= 11 is 0. The summed E-state index contributed by atoms with van der Waals surface area (Å²) in [4.78, 5) is 22.6. The molecule has 3 rings (SSSR count). The van der Waals surface area contributed by atoms with Gasteiger partial charge in [0.1, 0.15) is 17.4 Å². The number of primary amides is 1. The van der Waals surface area contributed by atoms with Gasteiger partial charge in [0, 0.05) is 26.7 Å². The van der Waals surface area contributed by atoms with Gasteiger partial charge in [-0.2, -0.15) is 5.10 Å². The molecule has 0 aliphatic carbocycles. The Morgan fingerprint density at radius 1 is 1.23 bits per heavy atom. The van der Waals surface area contributed by atoms with E-state index in [2.05, 4.69) is 22.0 Å². The molecule has 0 saturated carbocycles. The fourth-order valence-corrected chi connectivity index (χ4v) is 3.30. The van der Waals surface area contributed by atoms with E-state index in [0.29, 0.717) is 12.4 Å². The fourth-order valence-electron chi connectivity index (χ4n) is 3.30. The lowest BCUT2D eigenvalue weighted by atomic mass is 10.2. The van der Waals surface area contributed by atoms with E-state index in [1.807, 2.05) is 62.3 Å². The SMILES string of the molecule is CCc1cc(-c2cc(N(C)CCCOc3ccccc3C)nc(CC(N)=O)n2)n(C)n1. The molecular formula is C23H30N6O2. The molecule has 31 heavy (non-hydrogen) atoms. The summed E-state index contributed by atoms with van der Waals surface area (Å²) in [5.74, 6) is 1.58. The first-order valence-electron chi connectivity index (χ1n) is 10.5. The average molecular weight is 423 g/mol. The maximum Gasteiger partial charge on any atom is 0.225 e. The molecule has 0 unspecified atom stereocenters. The second kappa shape index (κ2) is 10.1. The predicted octanol–water partition coefficient (Wildman–Crippen LogP) is 2.68. The third-order valence-corrected chi connectivity index (χ3v) is 5.03. The van der Waals surface area contributed by atoms with Crippen molar-refractivity contribution in [2.24, 2.45) is 12.8 Å². The zero-order chi connectivity index (χ0) is 22.4. The number of carbonyl (C=O) groups excluding carboxylic acids is 1. The highest BCUT2D eigenvalue weighted by atomic mass is 16.5. The Balaban J connectivity index is 1.74. The number of hydrogen-bond donors (Lipinski definition) is 1. The van der Waals surface area contributed by atoms with Gasteiger partial charge in [-0.3, -0.25) is 9.48 Å². The molecule has 0 aliphatic heterocycles. The number of aromatic nitrogens is 4. The molecular weight excluding hydrogens is 392 g/mol. The molecule has 8 nitrogen and oxygen atoms in total. The van der Waals surface area contributed by atoms with Gasteiger partial charge in [0.05, 0.1) is 30.1 Å². The molecule has 2 heterocycles. The zero-order valence-corrected chi connectivity index (χ0v) is 18.6. The van der Waals surface area contributed by atoms with Crippen molar-refractivity contribution in [3.63, 3.8) is 0 Å². The van der Waals surface area contributed by atoms with Crippen LogP contribution in [0, 0.1) is 6.92 Å². The van der Waals surface area contributed by atoms with Gasteiger partial charge in [-0.05, 0) is 37.5 Å². The summed E-state index contributed by atoms with van der Waals surface area (Å²) in [6.07, 6.45) is 1.64. The highest BCUT2D eigenvalue weighted by Gasteiger charge is 2.15. The second-order valence-electron chi connectivity index (χ2n) is 7.56. The maximum atomic E-state index is 11.5. The molecule has 2 aromatic heterocycles. The number of amides is 1. The van der Waals surface area contributed by atoms with Crippen molar-refractivity contribution in [1.29, 1.82) is 0 Å². The van der Waals surface area contributed by atoms with Crippen LogP contribution in [0.4, 0.5) is 5.82 Å². The first kappa shape index (κ1) is 22.3. The molecule has 0 fully saturated rings. The summed E-state index contributed by atoms with van der Waals surface area (Å²) < 4.78 is 7.69. The molecule has 164 valence electrons. The molecule has 3 aromatic rings. The molecule has 0 atom stereocenters. The van der Waals surface area contributed by atoms with E-state index in [9.17, 15) is 4.79 Å². The van der Waals surface area contributed by atoms with Crippen molar-refractivity contribution >= 4 is 11.7 Å². The van der Waals surface area contributed by atoms with Crippen LogP contribution in [0.1, 0.15) is 30.4 Å². The summed E-state index contributed by atoms with van der Waals surface area (Å²) in [7, 11) is 3.85. The Morgan fingerprint density at radius 3 is 2.68 bits per heavy atom. The van der Waals surface area contributed by atoms with Crippen LogP contribution < -0.4 is 15.4 Å². The number of hydrogen-bond acceptors (Lipinski definition) is 6. The third-order valence-electron chi connectivity index (χ3n) is 5.03. The van der Waals surface area contributed by atoms with Crippen LogP contribution in [0.2, 0.25) is 0 Å². The first-order chi connectivity index (χ1) is 14.9. The largest absolute Gasteiger partial charge is 0.493 e. The lowest BCUT2D eigenvalue weighted by Gasteiger charge is -2.20. The standard InChI is InChI=1S/C23H30N6O2/c1-5-17-13-19(29(4)27-17)18-14-23(26-22(25-18)15-21(24)30)28(3)11-8-12-31-20-10-7-6-9-16(20)2/h6-7,9-10,13-14H,5,8,11-12,15H2,1-4H3,(H2,24,30). The van der Waals surface area contributed by atoms with Gasteiger partial charge in [0.2, 0.25) is 5.91 Å². The predicted molar refractivity (Wildman–Crippen MR) is 121 cm³/mol. The first-order valence-corrected chi connectivity index (χ1v) is 10.5. The number of ether oxygens (including phenoxy) is 1. The Kier molecular flexibility index (Phi) is 7.23. The number of benzene rings is 1. The minimum absolute atomic E-state index is 0.0104. The molecule has 2 N–H and O–H groups in total. The smallest absolute Gasteiger partial charge is 0.225 e. The van der Waals surface area contributed by atoms with E-state index in [1.165, 1.54) is 0 Å². The Bertz CT molecular complexity index is 1050. The maximum absolute atomic E-state index is 11.5. The van der Waals surface area contributed by atoms with Crippen LogP contribution in [0.3, 0.4) is 0 Å². The van der Waals surface area contributed by atoms with Crippen LogP contribution in [-0.2, 0) is 24.7 Å². The summed E-state index contributed by atoms with van der Waals surface area (Å²) in [6.45, 7) is 5.43. The van der Waals surface area contributed by atoms with Crippen molar-refractivity contribution in [2.75, 3.05) is 25.1 Å². The molecule has 0 bridgehead atoms. The lowest BCUT2D eigenvalue weighted by molar-refractivity contribution is -0.117. The van der Waals surface area contributed by atoms with E-state index in [-0.39, 0.29) is 6.42 Å². The van der Waals surface area contributed by atoms with E-state index in [4.69, 9.17) is 10.5 Å². The van der Waals surface area contributed by atoms with Gasteiger partial charge in [0.15, 0.2) is 0 Å². The van der Waals surface area contributed by atoms with Crippen LogP contribution in [0.15, 0.2) is 36.4 Å². The van der Waals surface area contributed by atoms with Crippen molar-refractivity contribution in [2.45, 2.75) is 33.1 Å². The summed E-state index contributed by atoms with van der Waals surface area (Å²) in [5.41, 5.74) is 9.10. The summed E-state index contributed by atoms with van der Waals surface area (Å²) in [6, 6.07) is 11.9. The molecule has 0 saturated heterocycles. The van der Waals surface area contributed by atoms with Crippen molar-refractivity contribution in [3.05, 3.63) is 53.5 Å². The minimum Gasteiger partial charge on any atom is -0.493 e. The van der Waals surface area contributed by atoms with Crippen molar-refractivity contribution in [1.82, 2.24) is 19.7 Å². The Morgan fingerprint density at radius 2 is 2.00 bits per heavy atom. The fraction of sp³-hybridized carbons (Fsp3) is 0.391. The molecule has 0 spiro atoms. The van der Waals surface area contributed by atoms with Gasteiger partial charge in [0.25, 0.3) is 0 Å². The number of carbonyl (C=O) groups is 1. The van der Waals surface area contributed by atoms with Crippen LogP contribution in [-0.4, -0.2) is 45.9 Å². The molecule has 1 aromatic carbocycles. The quantitative estimate of drug-likeness (QED) is 0.504. The van der Waals surface area contributed by atoms with Crippen LogP contribution in [0.25, 0.3) is 11.4 Å². The van der Waals surface area contributed by atoms with E-state index in [0.717, 1.165) is 53.6 Å². The number of para-hydroxylation sites is 1. The van der Waals surface area contributed by atoms with Crippen molar-refractivity contribution in [3.8, 4) is 17.1 Å². The van der Waals surface area contributed by atoms with Crippen LogP contribution in [0.5, 0.6) is 5.75 Å². The van der Waals surface area contributed by atoms with Crippen LogP contribution >= 0.6 is 0 Å². The summed E-state index contributed by atoms with van der Waals surface area (Å²) in [5, 5.41) is 4.50. The molecule has 0 radical (unpaired) electrons. The van der Waals surface area contributed by atoms with Crippen molar-refractivity contribution < 1.29 is 9.53 Å². The van der Waals surface area contributed by atoms with Gasteiger partial charge in [-0.15, -0.1) is 0 Å². The topological polar surface area (TPSA) is 99.2 Å². The Hall–Kier alpha value is -3.42. The highest BCUT2D eigenvalue weighted by Crippen LogP contribution is 2.23. The van der Waals surface area contributed by atoms with E-state index >= 15 is 0 Å². The number of aryl methyl sites for hydroxylation is 3. The third kappa shape index (κ3) is 5.81. The van der Waals surface area contributed by atoms with E-state index < -0.39 is 5.91 Å². The van der Waals surface area contributed by atoms with Gasteiger partial charge in [-0.1, -0.05) is 25.1 Å². The number of nitrogens with zero attached hydrogens (tertiary/aromatic N) is 5. The normalized spacial score (nSPS) is 10.8. The van der Waals surface area contributed by atoms with Gasteiger partial charge in [-0.25, -0.2) is 9.97 Å². The monoisotopic (exact) mass is 422 g/mol. The molecule has 0 aliphatic rings. The highest BCUT2D eigenvalue weighted by molar-refractivity contribution is 5.76. The molecule has 8 heteroatoms. The number of nitrogens with two attached hydrogens (primary N) is 1. The minimum atomic E-state index is -0.461. The van der Waals surface area contributed by atoms with Gasteiger partial charge >= 0.3 is 0 Å².